The lowest BCUT2D eigenvalue weighted by molar-refractivity contribution is 0.468. The summed E-state index contributed by atoms with van der Waals surface area (Å²) in [4.78, 5) is 7.03. The van der Waals surface area contributed by atoms with Crippen LogP contribution in [0.1, 0.15) is 32.5 Å². The second-order valence-electron chi connectivity index (χ2n) is 4.98. The summed E-state index contributed by atoms with van der Waals surface area (Å²) < 4.78 is 2.27. The lowest BCUT2D eigenvalue weighted by Crippen LogP contribution is -2.50. The Balaban J connectivity index is 2.24. The highest BCUT2D eigenvalue weighted by Crippen LogP contribution is 2.20. The van der Waals surface area contributed by atoms with Gasteiger partial charge in [0.15, 0.2) is 0 Å². The minimum absolute atomic E-state index is 0.474. The van der Waals surface area contributed by atoms with E-state index in [1.165, 1.54) is 0 Å². The molecule has 1 aliphatic heterocycles. The molecule has 90 valence electrons. The van der Waals surface area contributed by atoms with Crippen molar-refractivity contribution in [3.63, 3.8) is 0 Å². The molecule has 0 unspecified atom stereocenters. The van der Waals surface area contributed by atoms with E-state index < -0.39 is 0 Å². The number of piperazine rings is 1. The lowest BCUT2D eigenvalue weighted by atomic mass is 10.2. The molecule has 2 heterocycles. The predicted molar refractivity (Wildman–Crippen MR) is 67.0 cm³/mol. The van der Waals surface area contributed by atoms with Crippen LogP contribution in [-0.2, 0) is 0 Å². The molecule has 0 amide bonds. The minimum Gasteiger partial charge on any atom is -0.339 e. The average molecular weight is 222 g/mol. The normalized spacial score (nSPS) is 21.8. The third kappa shape index (κ3) is 2.21. The molecule has 0 saturated carbocycles. The van der Waals surface area contributed by atoms with Crippen LogP contribution < -0.4 is 10.2 Å². The van der Waals surface area contributed by atoms with Crippen LogP contribution in [0, 0.1) is 6.92 Å². The SMILES string of the molecule is Cc1cn(C(C)C)c(N2CCN[C@@H](C)C2)n1. The van der Waals surface area contributed by atoms with Crippen LogP contribution >= 0.6 is 0 Å². The van der Waals surface area contributed by atoms with E-state index in [2.05, 4.69) is 53.7 Å². The fourth-order valence-electron chi connectivity index (χ4n) is 2.23. The van der Waals surface area contributed by atoms with Gasteiger partial charge in [-0.05, 0) is 27.7 Å². The highest BCUT2D eigenvalue weighted by Gasteiger charge is 2.21. The Morgan fingerprint density at radius 2 is 2.25 bits per heavy atom. The molecule has 4 heteroatoms. The number of rotatable bonds is 2. The predicted octanol–water partition coefficient (Wildman–Crippen LogP) is 1.57. The van der Waals surface area contributed by atoms with Crippen LogP contribution in [-0.4, -0.2) is 35.2 Å². The molecule has 0 spiro atoms. The van der Waals surface area contributed by atoms with E-state index in [4.69, 9.17) is 0 Å². The molecule has 0 bridgehead atoms. The monoisotopic (exact) mass is 222 g/mol. The van der Waals surface area contributed by atoms with E-state index in [1.807, 2.05) is 0 Å². The van der Waals surface area contributed by atoms with E-state index in [-0.39, 0.29) is 0 Å². The van der Waals surface area contributed by atoms with Crippen molar-refractivity contribution in [1.29, 1.82) is 0 Å². The van der Waals surface area contributed by atoms with Gasteiger partial charge in [0, 0.05) is 37.9 Å². The van der Waals surface area contributed by atoms with Crippen LogP contribution in [0.5, 0.6) is 0 Å². The molecule has 16 heavy (non-hydrogen) atoms. The van der Waals surface area contributed by atoms with Crippen LogP contribution in [0.3, 0.4) is 0 Å². The maximum Gasteiger partial charge on any atom is 0.206 e. The van der Waals surface area contributed by atoms with Gasteiger partial charge in [-0.15, -0.1) is 0 Å². The van der Waals surface area contributed by atoms with Gasteiger partial charge in [-0.1, -0.05) is 0 Å². The van der Waals surface area contributed by atoms with Crippen molar-refractivity contribution in [2.45, 2.75) is 39.8 Å². The fraction of sp³-hybridized carbons (Fsp3) is 0.750. The Bertz CT molecular complexity index is 356. The number of nitrogens with one attached hydrogen (secondary N) is 1. The van der Waals surface area contributed by atoms with Crippen LogP contribution in [0.15, 0.2) is 6.20 Å². The van der Waals surface area contributed by atoms with Crippen molar-refractivity contribution in [2.75, 3.05) is 24.5 Å². The Kier molecular flexibility index (Phi) is 3.19. The quantitative estimate of drug-likeness (QED) is 0.824. The molecule has 1 aliphatic rings. The number of anilines is 1. The molecule has 4 nitrogen and oxygen atoms in total. The van der Waals surface area contributed by atoms with E-state index in [9.17, 15) is 0 Å². The molecule has 2 rings (SSSR count). The number of aryl methyl sites for hydroxylation is 1. The largest absolute Gasteiger partial charge is 0.339 e. The third-order valence-corrected chi connectivity index (χ3v) is 3.04. The van der Waals surface area contributed by atoms with Gasteiger partial charge in [-0.25, -0.2) is 4.98 Å². The first-order valence-corrected chi connectivity index (χ1v) is 6.11. The van der Waals surface area contributed by atoms with Gasteiger partial charge in [-0.3, -0.25) is 0 Å². The second kappa shape index (κ2) is 4.45. The van der Waals surface area contributed by atoms with Gasteiger partial charge >= 0.3 is 0 Å². The van der Waals surface area contributed by atoms with Crippen LogP contribution in [0.4, 0.5) is 5.95 Å². The summed E-state index contributed by atoms with van der Waals surface area (Å²) in [6.07, 6.45) is 2.15. The molecular weight excluding hydrogens is 200 g/mol. The minimum atomic E-state index is 0.474. The molecular formula is C12H22N4. The molecule has 1 saturated heterocycles. The maximum absolute atomic E-state index is 4.65. The number of imidazole rings is 1. The van der Waals surface area contributed by atoms with Crippen molar-refractivity contribution >= 4 is 5.95 Å². The molecule has 0 aliphatic carbocycles. The number of aromatic nitrogens is 2. The second-order valence-corrected chi connectivity index (χ2v) is 4.98. The van der Waals surface area contributed by atoms with Crippen molar-refractivity contribution in [2.24, 2.45) is 0 Å². The van der Waals surface area contributed by atoms with Crippen molar-refractivity contribution in [1.82, 2.24) is 14.9 Å². The summed E-state index contributed by atoms with van der Waals surface area (Å²) in [5.74, 6) is 1.13. The Hall–Kier alpha value is -1.03. The summed E-state index contributed by atoms with van der Waals surface area (Å²) >= 11 is 0. The van der Waals surface area contributed by atoms with Gasteiger partial charge < -0.3 is 14.8 Å². The average Bonchev–Trinajstić information content (AvgIpc) is 2.60. The molecule has 1 aromatic rings. The Morgan fingerprint density at radius 1 is 1.50 bits per heavy atom. The van der Waals surface area contributed by atoms with Crippen LogP contribution in [0.25, 0.3) is 0 Å². The smallest absolute Gasteiger partial charge is 0.206 e. The first-order valence-electron chi connectivity index (χ1n) is 6.11. The number of nitrogens with zero attached hydrogens (tertiary/aromatic N) is 3. The Labute approximate surface area is 97.7 Å². The molecule has 0 radical (unpaired) electrons. The van der Waals surface area contributed by atoms with Gasteiger partial charge in [0.25, 0.3) is 0 Å². The highest BCUT2D eigenvalue weighted by atomic mass is 15.3. The van der Waals surface area contributed by atoms with Crippen molar-refractivity contribution in [3.05, 3.63) is 11.9 Å². The zero-order valence-electron chi connectivity index (χ0n) is 10.7. The first-order chi connectivity index (χ1) is 7.58. The number of hydrogen-bond acceptors (Lipinski definition) is 3. The van der Waals surface area contributed by atoms with E-state index in [0.29, 0.717) is 12.1 Å². The fourth-order valence-corrected chi connectivity index (χ4v) is 2.23. The summed E-state index contributed by atoms with van der Waals surface area (Å²) in [7, 11) is 0. The van der Waals surface area contributed by atoms with E-state index in [0.717, 1.165) is 31.3 Å². The lowest BCUT2D eigenvalue weighted by Gasteiger charge is -2.33. The van der Waals surface area contributed by atoms with E-state index >= 15 is 0 Å². The molecule has 0 aromatic carbocycles. The topological polar surface area (TPSA) is 33.1 Å². The Morgan fingerprint density at radius 3 is 2.88 bits per heavy atom. The summed E-state index contributed by atoms with van der Waals surface area (Å²) in [5, 5.41) is 3.46. The molecule has 1 N–H and O–H groups in total. The van der Waals surface area contributed by atoms with Gasteiger partial charge in [0.05, 0.1) is 5.69 Å². The van der Waals surface area contributed by atoms with Crippen molar-refractivity contribution < 1.29 is 0 Å². The molecule has 1 fully saturated rings. The third-order valence-electron chi connectivity index (χ3n) is 3.04. The van der Waals surface area contributed by atoms with Gasteiger partial charge in [-0.2, -0.15) is 0 Å². The summed E-state index contributed by atoms with van der Waals surface area (Å²) in [5.41, 5.74) is 1.11. The van der Waals surface area contributed by atoms with Crippen molar-refractivity contribution in [3.8, 4) is 0 Å². The summed E-state index contributed by atoms with van der Waals surface area (Å²) in [6.45, 7) is 11.8. The standard InChI is InChI=1S/C12H22N4/c1-9(2)16-8-11(4)14-12(16)15-6-5-13-10(3)7-15/h8-10,13H,5-7H2,1-4H3/t10-/m0/s1. The highest BCUT2D eigenvalue weighted by molar-refractivity contribution is 5.35. The van der Waals surface area contributed by atoms with Gasteiger partial charge in [0.1, 0.15) is 0 Å². The zero-order valence-corrected chi connectivity index (χ0v) is 10.7. The summed E-state index contributed by atoms with van der Waals surface area (Å²) in [6, 6.07) is 1.02. The van der Waals surface area contributed by atoms with Gasteiger partial charge in [0.2, 0.25) is 5.95 Å². The molecule has 1 atom stereocenters. The van der Waals surface area contributed by atoms with Crippen LogP contribution in [0.2, 0.25) is 0 Å². The zero-order chi connectivity index (χ0) is 11.7. The molecule has 1 aromatic heterocycles. The number of hydrogen-bond donors (Lipinski definition) is 1. The van der Waals surface area contributed by atoms with E-state index in [1.54, 1.807) is 0 Å². The first kappa shape index (κ1) is 11.5. The maximum atomic E-state index is 4.65.